The Balaban J connectivity index is 1.89. The number of aryl methyl sites for hydroxylation is 1. The van der Waals surface area contributed by atoms with Gasteiger partial charge >= 0.3 is 0 Å². The Morgan fingerprint density at radius 1 is 1.10 bits per heavy atom. The quantitative estimate of drug-likeness (QED) is 0.665. The van der Waals surface area contributed by atoms with Crippen LogP contribution in [0.4, 0.5) is 5.69 Å². The summed E-state index contributed by atoms with van der Waals surface area (Å²) in [5.74, 6) is 0. The topological polar surface area (TPSA) is 55.2 Å². The molecule has 0 unspecified atom stereocenters. The lowest BCUT2D eigenvalue weighted by atomic mass is 10.1. The van der Waals surface area contributed by atoms with Gasteiger partial charge in [0.05, 0.1) is 4.92 Å². The summed E-state index contributed by atoms with van der Waals surface area (Å²) in [5, 5.41) is 13.9. The van der Waals surface area contributed by atoms with E-state index in [9.17, 15) is 10.1 Å². The van der Waals surface area contributed by atoms with Crippen LogP contribution in [0.1, 0.15) is 16.7 Å². The summed E-state index contributed by atoms with van der Waals surface area (Å²) in [4.78, 5) is 10.2. The van der Waals surface area contributed by atoms with E-state index in [1.165, 1.54) is 23.3 Å². The van der Waals surface area contributed by atoms with Gasteiger partial charge in [-0.15, -0.1) is 0 Å². The van der Waals surface area contributed by atoms with Crippen LogP contribution in [0.2, 0.25) is 0 Å². The lowest BCUT2D eigenvalue weighted by Crippen LogP contribution is -2.12. The zero-order valence-electron chi connectivity index (χ0n) is 11.1. The second kappa shape index (κ2) is 6.63. The van der Waals surface area contributed by atoms with Crippen molar-refractivity contribution in [3.8, 4) is 0 Å². The summed E-state index contributed by atoms with van der Waals surface area (Å²) in [6.45, 7) is 3.50. The number of halogens is 1. The van der Waals surface area contributed by atoms with Crippen LogP contribution in [-0.2, 0) is 13.1 Å². The minimum Gasteiger partial charge on any atom is -0.309 e. The van der Waals surface area contributed by atoms with E-state index >= 15 is 0 Å². The summed E-state index contributed by atoms with van der Waals surface area (Å²) in [7, 11) is 0. The number of hydrogen-bond donors (Lipinski definition) is 1. The predicted molar refractivity (Wildman–Crippen MR) is 82.5 cm³/mol. The maximum atomic E-state index is 10.6. The first kappa shape index (κ1) is 14.7. The van der Waals surface area contributed by atoms with Gasteiger partial charge in [-0.05, 0) is 29.7 Å². The lowest BCUT2D eigenvalue weighted by molar-refractivity contribution is -0.384. The Morgan fingerprint density at radius 2 is 1.70 bits per heavy atom. The molecule has 0 aliphatic heterocycles. The van der Waals surface area contributed by atoms with Crippen LogP contribution < -0.4 is 5.32 Å². The van der Waals surface area contributed by atoms with E-state index in [1.807, 2.05) is 0 Å². The molecule has 20 heavy (non-hydrogen) atoms. The Labute approximate surface area is 126 Å². The van der Waals surface area contributed by atoms with Crippen LogP contribution in [-0.4, -0.2) is 4.92 Å². The number of nitro groups is 1. The fourth-order valence-electron chi connectivity index (χ4n) is 1.83. The van der Waals surface area contributed by atoms with E-state index in [4.69, 9.17) is 0 Å². The molecule has 1 N–H and O–H groups in total. The molecule has 0 bridgehead atoms. The van der Waals surface area contributed by atoms with E-state index < -0.39 is 0 Å². The third-order valence-electron chi connectivity index (χ3n) is 3.04. The molecular formula is C15H15BrN2O2. The molecule has 0 heterocycles. The number of benzene rings is 2. The highest BCUT2D eigenvalue weighted by Crippen LogP contribution is 2.17. The van der Waals surface area contributed by atoms with Crippen LogP contribution in [0, 0.1) is 17.0 Å². The van der Waals surface area contributed by atoms with Gasteiger partial charge in [0.1, 0.15) is 0 Å². The molecule has 0 saturated heterocycles. The molecule has 2 aromatic carbocycles. The number of nitro benzene ring substituents is 1. The Kier molecular flexibility index (Phi) is 4.87. The second-order valence-electron chi connectivity index (χ2n) is 4.61. The third kappa shape index (κ3) is 3.88. The van der Waals surface area contributed by atoms with Gasteiger partial charge in [-0.1, -0.05) is 40.2 Å². The normalized spacial score (nSPS) is 10.5. The molecule has 0 amide bonds. The monoisotopic (exact) mass is 334 g/mol. The van der Waals surface area contributed by atoms with Gasteiger partial charge in [-0.2, -0.15) is 0 Å². The summed E-state index contributed by atoms with van der Waals surface area (Å²) >= 11 is 3.51. The molecule has 0 atom stereocenters. The zero-order chi connectivity index (χ0) is 14.5. The van der Waals surface area contributed by atoms with Gasteiger partial charge in [-0.25, -0.2) is 0 Å². The first-order valence-electron chi connectivity index (χ1n) is 6.25. The van der Waals surface area contributed by atoms with Crippen LogP contribution in [0.15, 0.2) is 46.9 Å². The smallest absolute Gasteiger partial charge is 0.269 e. The van der Waals surface area contributed by atoms with Crippen molar-refractivity contribution in [3.05, 3.63) is 73.7 Å². The maximum Gasteiger partial charge on any atom is 0.269 e. The highest BCUT2D eigenvalue weighted by molar-refractivity contribution is 9.10. The average Bonchev–Trinajstić information content (AvgIpc) is 2.43. The molecule has 5 heteroatoms. The van der Waals surface area contributed by atoms with Crippen molar-refractivity contribution in [1.82, 2.24) is 5.32 Å². The molecule has 0 fully saturated rings. The van der Waals surface area contributed by atoms with Crippen LogP contribution in [0.5, 0.6) is 0 Å². The van der Waals surface area contributed by atoms with E-state index in [0.29, 0.717) is 6.54 Å². The molecule has 0 saturated carbocycles. The Morgan fingerprint density at radius 3 is 2.30 bits per heavy atom. The third-order valence-corrected chi connectivity index (χ3v) is 3.90. The van der Waals surface area contributed by atoms with Gasteiger partial charge in [-0.3, -0.25) is 10.1 Å². The van der Waals surface area contributed by atoms with Crippen LogP contribution >= 0.6 is 15.9 Å². The van der Waals surface area contributed by atoms with E-state index in [-0.39, 0.29) is 10.6 Å². The SMILES string of the molecule is Cc1ccc(CNCc2ccc([N+](=O)[O-])cc2)cc1Br. The fourth-order valence-corrected chi connectivity index (χ4v) is 2.26. The minimum absolute atomic E-state index is 0.121. The van der Waals surface area contributed by atoms with Crippen molar-refractivity contribution in [2.45, 2.75) is 20.0 Å². The standard InChI is InChI=1S/C15H15BrN2O2/c1-11-2-3-13(8-15(11)16)10-17-9-12-4-6-14(7-5-12)18(19)20/h2-8,17H,9-10H2,1H3. The van der Waals surface area contributed by atoms with E-state index in [2.05, 4.69) is 46.4 Å². The molecule has 2 rings (SSSR count). The molecule has 4 nitrogen and oxygen atoms in total. The minimum atomic E-state index is -0.388. The highest BCUT2D eigenvalue weighted by atomic mass is 79.9. The van der Waals surface area contributed by atoms with Crippen LogP contribution in [0.25, 0.3) is 0 Å². The largest absolute Gasteiger partial charge is 0.309 e. The van der Waals surface area contributed by atoms with Crippen molar-refractivity contribution < 1.29 is 4.92 Å². The number of rotatable bonds is 5. The first-order valence-corrected chi connectivity index (χ1v) is 7.04. The van der Waals surface area contributed by atoms with Gasteiger partial charge < -0.3 is 5.32 Å². The molecule has 0 aliphatic carbocycles. The Hall–Kier alpha value is -1.72. The molecular weight excluding hydrogens is 320 g/mol. The first-order chi connectivity index (χ1) is 9.56. The fraction of sp³-hybridized carbons (Fsp3) is 0.200. The second-order valence-corrected chi connectivity index (χ2v) is 5.46. The van der Waals surface area contributed by atoms with Gasteiger partial charge in [0, 0.05) is 29.7 Å². The average molecular weight is 335 g/mol. The number of non-ortho nitro benzene ring substituents is 1. The molecule has 0 radical (unpaired) electrons. The highest BCUT2D eigenvalue weighted by Gasteiger charge is 2.03. The van der Waals surface area contributed by atoms with Gasteiger partial charge in [0.25, 0.3) is 5.69 Å². The molecule has 0 spiro atoms. The zero-order valence-corrected chi connectivity index (χ0v) is 12.7. The number of nitrogens with zero attached hydrogens (tertiary/aromatic N) is 1. The van der Waals surface area contributed by atoms with Crippen molar-refractivity contribution in [2.75, 3.05) is 0 Å². The van der Waals surface area contributed by atoms with Crippen molar-refractivity contribution in [1.29, 1.82) is 0 Å². The van der Waals surface area contributed by atoms with Gasteiger partial charge in [0.2, 0.25) is 0 Å². The van der Waals surface area contributed by atoms with Crippen molar-refractivity contribution in [3.63, 3.8) is 0 Å². The molecule has 0 aromatic heterocycles. The van der Waals surface area contributed by atoms with E-state index in [0.717, 1.165) is 16.6 Å². The summed E-state index contributed by atoms with van der Waals surface area (Å²) in [5.41, 5.74) is 3.56. The maximum absolute atomic E-state index is 10.6. The summed E-state index contributed by atoms with van der Waals surface area (Å²) in [6.07, 6.45) is 0. The molecule has 0 aliphatic rings. The molecule has 2 aromatic rings. The van der Waals surface area contributed by atoms with Gasteiger partial charge in [0.15, 0.2) is 0 Å². The predicted octanol–water partition coefficient (Wildman–Crippen LogP) is 3.96. The number of nitrogens with one attached hydrogen (secondary N) is 1. The van der Waals surface area contributed by atoms with Crippen molar-refractivity contribution >= 4 is 21.6 Å². The summed E-state index contributed by atoms with van der Waals surface area (Å²) < 4.78 is 1.10. The number of hydrogen-bond acceptors (Lipinski definition) is 3. The van der Waals surface area contributed by atoms with E-state index in [1.54, 1.807) is 12.1 Å². The van der Waals surface area contributed by atoms with Crippen molar-refractivity contribution in [2.24, 2.45) is 0 Å². The summed E-state index contributed by atoms with van der Waals surface area (Å²) in [6, 6.07) is 12.9. The Bertz CT molecular complexity index is 612. The molecule has 104 valence electrons. The lowest BCUT2D eigenvalue weighted by Gasteiger charge is -2.07. The van der Waals surface area contributed by atoms with Crippen LogP contribution in [0.3, 0.4) is 0 Å².